The lowest BCUT2D eigenvalue weighted by molar-refractivity contribution is -0.126. The molecular weight excluding hydrogens is 354 g/mol. The van der Waals surface area contributed by atoms with Crippen LogP contribution in [0.25, 0.3) is 0 Å². The van der Waals surface area contributed by atoms with E-state index in [0.717, 1.165) is 12.8 Å². The highest BCUT2D eigenvalue weighted by Gasteiger charge is 2.43. The molecule has 0 bridgehead atoms. The molecule has 4 rings (SSSR count). The molecule has 0 aliphatic carbocycles. The van der Waals surface area contributed by atoms with Gasteiger partial charge in [-0.2, -0.15) is 0 Å². The minimum Gasteiger partial charge on any atom is -0.327 e. The summed E-state index contributed by atoms with van der Waals surface area (Å²) < 4.78 is 0. The molecule has 0 saturated carbocycles. The van der Waals surface area contributed by atoms with Crippen molar-refractivity contribution in [3.63, 3.8) is 0 Å². The number of nitrogens with zero attached hydrogens (tertiary/aromatic N) is 2. The molecule has 2 atom stereocenters. The van der Waals surface area contributed by atoms with Gasteiger partial charge in [-0.15, -0.1) is 0 Å². The fourth-order valence-corrected chi connectivity index (χ4v) is 4.01. The van der Waals surface area contributed by atoms with Gasteiger partial charge in [0.15, 0.2) is 0 Å². The van der Waals surface area contributed by atoms with Gasteiger partial charge in [0.2, 0.25) is 5.91 Å². The topological polar surface area (TPSA) is 69.7 Å². The largest absolute Gasteiger partial charge is 0.327 e. The van der Waals surface area contributed by atoms with Gasteiger partial charge in [-0.3, -0.25) is 19.3 Å². The number of amides is 3. The van der Waals surface area contributed by atoms with Crippen LogP contribution < -0.4 is 10.2 Å². The molecule has 2 aliphatic heterocycles. The minimum absolute atomic E-state index is 0.133. The van der Waals surface area contributed by atoms with E-state index >= 15 is 0 Å². The molecule has 2 heterocycles. The Kier molecular flexibility index (Phi) is 4.86. The van der Waals surface area contributed by atoms with Gasteiger partial charge in [0.1, 0.15) is 12.1 Å². The van der Waals surface area contributed by atoms with Gasteiger partial charge in [-0.25, -0.2) is 0 Å². The molecule has 2 unspecified atom stereocenters. The summed E-state index contributed by atoms with van der Waals surface area (Å²) in [4.78, 5) is 42.6. The number of hydrogen-bond donors (Lipinski definition) is 1. The molecule has 0 radical (unpaired) electrons. The lowest BCUT2D eigenvalue weighted by Crippen LogP contribution is -2.54. The third kappa shape index (κ3) is 3.15. The van der Waals surface area contributed by atoms with Crippen molar-refractivity contribution < 1.29 is 14.4 Å². The number of fused-ring (bicyclic) bond motifs is 2. The van der Waals surface area contributed by atoms with Crippen LogP contribution in [-0.4, -0.2) is 41.2 Å². The fraction of sp³-hybridized carbons (Fsp3) is 0.318. The smallest absolute Gasteiger partial charge is 0.256 e. The quantitative estimate of drug-likeness (QED) is 0.894. The minimum atomic E-state index is -0.747. The third-order valence-electron chi connectivity index (χ3n) is 5.49. The lowest BCUT2D eigenvalue weighted by atomic mass is 10.0. The van der Waals surface area contributed by atoms with Crippen molar-refractivity contribution in [2.24, 2.45) is 0 Å². The Morgan fingerprint density at radius 2 is 1.75 bits per heavy atom. The first-order chi connectivity index (χ1) is 13.6. The summed E-state index contributed by atoms with van der Waals surface area (Å²) in [6, 6.07) is 14.9. The van der Waals surface area contributed by atoms with Crippen LogP contribution in [0, 0.1) is 0 Å². The van der Waals surface area contributed by atoms with Gasteiger partial charge in [0.05, 0.1) is 11.3 Å². The van der Waals surface area contributed by atoms with E-state index in [-0.39, 0.29) is 17.7 Å². The number of nitrogens with one attached hydrogen (secondary N) is 1. The summed E-state index contributed by atoms with van der Waals surface area (Å²) in [6.45, 7) is 2.28. The molecule has 1 saturated heterocycles. The number of carbonyl (C=O) groups is 3. The Morgan fingerprint density at radius 1 is 1.04 bits per heavy atom. The van der Waals surface area contributed by atoms with Gasteiger partial charge in [0.25, 0.3) is 11.8 Å². The van der Waals surface area contributed by atoms with Crippen LogP contribution >= 0.6 is 0 Å². The first kappa shape index (κ1) is 18.2. The molecule has 144 valence electrons. The number of hydrogen-bond acceptors (Lipinski definition) is 3. The van der Waals surface area contributed by atoms with E-state index in [1.165, 1.54) is 4.90 Å². The molecule has 0 spiro atoms. The number of piperidine rings is 1. The van der Waals surface area contributed by atoms with E-state index < -0.39 is 12.1 Å². The van der Waals surface area contributed by atoms with E-state index in [1.807, 2.05) is 18.2 Å². The van der Waals surface area contributed by atoms with Crippen LogP contribution in [-0.2, 0) is 9.59 Å². The molecule has 1 fully saturated rings. The highest BCUT2D eigenvalue weighted by Crippen LogP contribution is 2.33. The van der Waals surface area contributed by atoms with E-state index in [1.54, 1.807) is 48.2 Å². The second-order valence-corrected chi connectivity index (χ2v) is 7.27. The summed E-state index contributed by atoms with van der Waals surface area (Å²) in [7, 11) is 0. The van der Waals surface area contributed by atoms with Crippen molar-refractivity contribution in [3.05, 3.63) is 60.2 Å². The maximum Gasteiger partial charge on any atom is 0.256 e. The van der Waals surface area contributed by atoms with Crippen molar-refractivity contribution in [1.82, 2.24) is 4.90 Å². The normalized spacial score (nSPS) is 20.1. The van der Waals surface area contributed by atoms with Gasteiger partial charge >= 0.3 is 0 Å². The molecule has 1 N–H and O–H groups in total. The SMILES string of the molecule is CC(C(=O)Nc1ccccc1)N1C(=O)C2CCCCN2C(=O)c2ccccc21. The Labute approximate surface area is 164 Å². The molecule has 0 aromatic heterocycles. The summed E-state index contributed by atoms with van der Waals surface area (Å²) >= 11 is 0. The monoisotopic (exact) mass is 377 g/mol. The zero-order chi connectivity index (χ0) is 19.7. The Bertz CT molecular complexity index is 912. The Balaban J connectivity index is 1.71. The highest BCUT2D eigenvalue weighted by molar-refractivity contribution is 6.14. The van der Waals surface area contributed by atoms with Crippen LogP contribution in [0.15, 0.2) is 54.6 Å². The van der Waals surface area contributed by atoms with Crippen LogP contribution in [0.3, 0.4) is 0 Å². The molecule has 6 heteroatoms. The standard InChI is InChI=1S/C22H23N3O3/c1-15(20(26)23-16-9-3-2-4-10-16)25-18-12-6-5-11-17(18)21(27)24-14-8-7-13-19(24)22(25)28/h2-6,9-12,15,19H,7-8,13-14H2,1H3,(H,23,26). The molecule has 6 nitrogen and oxygen atoms in total. The summed E-state index contributed by atoms with van der Waals surface area (Å²) in [5.74, 6) is -0.605. The first-order valence-corrected chi connectivity index (χ1v) is 9.67. The average Bonchev–Trinajstić information content (AvgIpc) is 2.82. The number of para-hydroxylation sites is 2. The third-order valence-corrected chi connectivity index (χ3v) is 5.49. The predicted molar refractivity (Wildman–Crippen MR) is 107 cm³/mol. The van der Waals surface area contributed by atoms with E-state index in [0.29, 0.717) is 29.9 Å². The van der Waals surface area contributed by atoms with Crippen LogP contribution in [0.4, 0.5) is 11.4 Å². The number of rotatable bonds is 3. The zero-order valence-corrected chi connectivity index (χ0v) is 15.8. The molecule has 2 aromatic rings. The highest BCUT2D eigenvalue weighted by atomic mass is 16.2. The predicted octanol–water partition coefficient (Wildman–Crippen LogP) is 3.06. The molecule has 3 amide bonds. The first-order valence-electron chi connectivity index (χ1n) is 9.67. The van der Waals surface area contributed by atoms with Crippen LogP contribution in [0.1, 0.15) is 36.5 Å². The van der Waals surface area contributed by atoms with Crippen molar-refractivity contribution in [2.75, 3.05) is 16.8 Å². The van der Waals surface area contributed by atoms with Crippen molar-refractivity contribution in [3.8, 4) is 0 Å². The van der Waals surface area contributed by atoms with E-state index in [4.69, 9.17) is 0 Å². The summed E-state index contributed by atoms with van der Waals surface area (Å²) in [5, 5.41) is 2.86. The number of anilines is 2. The second-order valence-electron chi connectivity index (χ2n) is 7.27. The van der Waals surface area contributed by atoms with Crippen LogP contribution in [0.5, 0.6) is 0 Å². The van der Waals surface area contributed by atoms with E-state index in [2.05, 4.69) is 5.32 Å². The van der Waals surface area contributed by atoms with Gasteiger partial charge < -0.3 is 10.2 Å². The Morgan fingerprint density at radius 3 is 2.54 bits per heavy atom. The van der Waals surface area contributed by atoms with Crippen molar-refractivity contribution in [1.29, 1.82) is 0 Å². The van der Waals surface area contributed by atoms with Crippen LogP contribution in [0.2, 0.25) is 0 Å². The number of carbonyl (C=O) groups excluding carboxylic acids is 3. The fourth-order valence-electron chi connectivity index (χ4n) is 4.01. The summed E-state index contributed by atoms with van der Waals surface area (Å²) in [6.07, 6.45) is 2.42. The summed E-state index contributed by atoms with van der Waals surface area (Å²) in [5.41, 5.74) is 1.65. The molecule has 2 aromatic carbocycles. The van der Waals surface area contributed by atoms with Gasteiger partial charge in [-0.1, -0.05) is 30.3 Å². The Hall–Kier alpha value is -3.15. The molecular formula is C22H23N3O3. The van der Waals surface area contributed by atoms with E-state index in [9.17, 15) is 14.4 Å². The maximum atomic E-state index is 13.4. The molecule has 28 heavy (non-hydrogen) atoms. The lowest BCUT2D eigenvalue weighted by Gasteiger charge is -2.35. The molecule has 2 aliphatic rings. The van der Waals surface area contributed by atoms with Gasteiger partial charge in [0, 0.05) is 12.2 Å². The number of benzene rings is 2. The maximum absolute atomic E-state index is 13.4. The zero-order valence-electron chi connectivity index (χ0n) is 15.8. The average molecular weight is 377 g/mol. The van der Waals surface area contributed by atoms with Gasteiger partial charge in [-0.05, 0) is 50.5 Å². The van der Waals surface area contributed by atoms with Crippen molar-refractivity contribution in [2.45, 2.75) is 38.3 Å². The second kappa shape index (κ2) is 7.46. The van der Waals surface area contributed by atoms with Crippen molar-refractivity contribution >= 4 is 29.1 Å².